The number of likely N-dealkylation sites (N-methyl/N-ethyl adjacent to an activating group) is 1. The van der Waals surface area contributed by atoms with E-state index in [-0.39, 0.29) is 30.5 Å². The standard InChI is InChI=1S/C16H20N2O3/c1-10-3-5-11(6-4-10)14-15(16(20)17-12-7-8-12)21-9-13(19)18(14)2/h3-6,12,14-15H,7-9H2,1-2H3,(H,17,20)/t14-,15-/m1/s1. The fraction of sp³-hybridized carbons (Fsp3) is 0.500. The lowest BCUT2D eigenvalue weighted by Crippen LogP contribution is -2.53. The van der Waals surface area contributed by atoms with Crippen LogP contribution < -0.4 is 5.32 Å². The highest BCUT2D eigenvalue weighted by atomic mass is 16.5. The number of morpholine rings is 1. The minimum absolute atomic E-state index is 0.0401. The number of ether oxygens (including phenoxy) is 1. The molecule has 5 nitrogen and oxygen atoms in total. The van der Waals surface area contributed by atoms with Gasteiger partial charge in [-0.15, -0.1) is 0 Å². The second-order valence-corrected chi connectivity index (χ2v) is 5.87. The van der Waals surface area contributed by atoms with Gasteiger partial charge >= 0.3 is 0 Å². The van der Waals surface area contributed by atoms with Gasteiger partial charge in [-0.05, 0) is 25.3 Å². The van der Waals surface area contributed by atoms with Gasteiger partial charge < -0.3 is 15.0 Å². The molecular weight excluding hydrogens is 268 g/mol. The second kappa shape index (κ2) is 5.48. The summed E-state index contributed by atoms with van der Waals surface area (Å²) < 4.78 is 5.55. The number of carbonyl (C=O) groups is 2. The van der Waals surface area contributed by atoms with E-state index >= 15 is 0 Å². The highest BCUT2D eigenvalue weighted by Crippen LogP contribution is 2.30. The third kappa shape index (κ3) is 2.93. The quantitative estimate of drug-likeness (QED) is 0.908. The molecule has 2 atom stereocenters. The summed E-state index contributed by atoms with van der Waals surface area (Å²) in [6.07, 6.45) is 1.42. The van der Waals surface area contributed by atoms with Gasteiger partial charge in [0.25, 0.3) is 5.91 Å². The first-order valence-electron chi connectivity index (χ1n) is 7.30. The summed E-state index contributed by atoms with van der Waals surface area (Å²) in [4.78, 5) is 25.9. The fourth-order valence-corrected chi connectivity index (χ4v) is 2.60. The summed E-state index contributed by atoms with van der Waals surface area (Å²) in [5.74, 6) is -0.224. The summed E-state index contributed by atoms with van der Waals surface area (Å²) in [5.41, 5.74) is 2.07. The number of nitrogens with one attached hydrogen (secondary N) is 1. The van der Waals surface area contributed by atoms with Crippen LogP contribution in [-0.4, -0.2) is 42.5 Å². The van der Waals surface area contributed by atoms with Crippen LogP contribution in [0.15, 0.2) is 24.3 Å². The van der Waals surface area contributed by atoms with Crippen molar-refractivity contribution in [1.29, 1.82) is 0 Å². The predicted molar refractivity (Wildman–Crippen MR) is 77.6 cm³/mol. The van der Waals surface area contributed by atoms with Gasteiger partial charge in [-0.1, -0.05) is 29.8 Å². The van der Waals surface area contributed by atoms with E-state index in [0.717, 1.165) is 24.0 Å². The summed E-state index contributed by atoms with van der Waals surface area (Å²) >= 11 is 0. The molecule has 2 amide bonds. The van der Waals surface area contributed by atoms with E-state index in [1.165, 1.54) is 0 Å². The van der Waals surface area contributed by atoms with Crippen LogP contribution in [0.4, 0.5) is 0 Å². The van der Waals surface area contributed by atoms with Crippen LogP contribution >= 0.6 is 0 Å². The fourth-order valence-electron chi connectivity index (χ4n) is 2.60. The van der Waals surface area contributed by atoms with Crippen molar-refractivity contribution in [2.45, 2.75) is 38.0 Å². The van der Waals surface area contributed by atoms with Gasteiger partial charge in [0.1, 0.15) is 6.61 Å². The number of carbonyl (C=O) groups excluding carboxylic acids is 2. The highest BCUT2D eigenvalue weighted by molar-refractivity contribution is 5.86. The lowest BCUT2D eigenvalue weighted by Gasteiger charge is -2.38. The average Bonchev–Trinajstić information content (AvgIpc) is 3.27. The van der Waals surface area contributed by atoms with Crippen LogP contribution in [0, 0.1) is 6.92 Å². The maximum atomic E-state index is 12.4. The van der Waals surface area contributed by atoms with Crippen molar-refractivity contribution in [2.24, 2.45) is 0 Å². The van der Waals surface area contributed by atoms with Crippen molar-refractivity contribution in [3.8, 4) is 0 Å². The van der Waals surface area contributed by atoms with Crippen LogP contribution in [0.2, 0.25) is 0 Å². The van der Waals surface area contributed by atoms with Gasteiger partial charge in [0.05, 0.1) is 6.04 Å². The zero-order valence-electron chi connectivity index (χ0n) is 12.3. The molecule has 3 rings (SSSR count). The average molecular weight is 288 g/mol. The first-order chi connectivity index (χ1) is 10.1. The minimum atomic E-state index is -0.643. The Morgan fingerprint density at radius 3 is 2.57 bits per heavy atom. The molecule has 0 bridgehead atoms. The smallest absolute Gasteiger partial charge is 0.251 e. The number of benzene rings is 1. The zero-order valence-corrected chi connectivity index (χ0v) is 12.3. The summed E-state index contributed by atoms with van der Waals surface area (Å²) in [7, 11) is 1.73. The largest absolute Gasteiger partial charge is 0.356 e. The molecule has 1 saturated carbocycles. The molecule has 1 heterocycles. The number of hydrogen-bond acceptors (Lipinski definition) is 3. The van der Waals surface area contributed by atoms with Crippen molar-refractivity contribution in [2.75, 3.05) is 13.7 Å². The van der Waals surface area contributed by atoms with E-state index in [9.17, 15) is 9.59 Å². The van der Waals surface area contributed by atoms with Gasteiger partial charge in [-0.3, -0.25) is 9.59 Å². The van der Waals surface area contributed by atoms with Crippen LogP contribution in [0.1, 0.15) is 30.0 Å². The molecule has 112 valence electrons. The molecule has 5 heteroatoms. The maximum Gasteiger partial charge on any atom is 0.251 e. The normalized spacial score (nSPS) is 25.8. The molecule has 2 aliphatic rings. The minimum Gasteiger partial charge on any atom is -0.356 e. The summed E-state index contributed by atoms with van der Waals surface area (Å²) in [6.45, 7) is 1.97. The Bertz CT molecular complexity index is 551. The molecule has 0 unspecified atom stereocenters. The van der Waals surface area contributed by atoms with Crippen LogP contribution in [-0.2, 0) is 14.3 Å². The molecule has 0 spiro atoms. The Balaban J connectivity index is 1.86. The monoisotopic (exact) mass is 288 g/mol. The van der Waals surface area contributed by atoms with Gasteiger partial charge in [0.15, 0.2) is 6.10 Å². The molecule has 1 aromatic rings. The lowest BCUT2D eigenvalue weighted by atomic mass is 9.96. The molecule has 21 heavy (non-hydrogen) atoms. The van der Waals surface area contributed by atoms with E-state index in [0.29, 0.717) is 0 Å². The van der Waals surface area contributed by atoms with E-state index in [2.05, 4.69) is 5.32 Å². The predicted octanol–water partition coefficient (Wildman–Crippen LogP) is 1.17. The first kappa shape index (κ1) is 14.1. The maximum absolute atomic E-state index is 12.4. The molecule has 1 aromatic carbocycles. The Labute approximate surface area is 124 Å². The third-order valence-corrected chi connectivity index (χ3v) is 4.08. The molecule has 0 radical (unpaired) electrons. The van der Waals surface area contributed by atoms with Crippen LogP contribution in [0.5, 0.6) is 0 Å². The van der Waals surface area contributed by atoms with Gasteiger partial charge in [0, 0.05) is 13.1 Å². The van der Waals surface area contributed by atoms with Crippen LogP contribution in [0.3, 0.4) is 0 Å². The van der Waals surface area contributed by atoms with Gasteiger partial charge in [-0.2, -0.15) is 0 Å². The Hall–Kier alpha value is -1.88. The van der Waals surface area contributed by atoms with E-state index in [4.69, 9.17) is 4.74 Å². The van der Waals surface area contributed by atoms with Gasteiger partial charge in [-0.25, -0.2) is 0 Å². The van der Waals surface area contributed by atoms with E-state index in [1.54, 1.807) is 11.9 Å². The molecule has 1 N–H and O–H groups in total. The number of amides is 2. The molecule has 1 aliphatic carbocycles. The van der Waals surface area contributed by atoms with Crippen molar-refractivity contribution in [1.82, 2.24) is 10.2 Å². The zero-order chi connectivity index (χ0) is 15.0. The van der Waals surface area contributed by atoms with Crippen molar-refractivity contribution in [3.05, 3.63) is 35.4 Å². The van der Waals surface area contributed by atoms with E-state index < -0.39 is 6.10 Å². The van der Waals surface area contributed by atoms with Crippen molar-refractivity contribution in [3.63, 3.8) is 0 Å². The number of rotatable bonds is 3. The summed E-state index contributed by atoms with van der Waals surface area (Å²) in [6, 6.07) is 7.79. The topological polar surface area (TPSA) is 58.6 Å². The third-order valence-electron chi connectivity index (χ3n) is 4.08. The molecule has 0 aromatic heterocycles. The second-order valence-electron chi connectivity index (χ2n) is 5.87. The Morgan fingerprint density at radius 2 is 1.95 bits per heavy atom. The number of hydrogen-bond donors (Lipinski definition) is 1. The highest BCUT2D eigenvalue weighted by Gasteiger charge is 2.41. The SMILES string of the molecule is Cc1ccc([C@@H]2[C@H](C(=O)NC3CC3)OCC(=O)N2C)cc1. The number of nitrogens with zero attached hydrogens (tertiary/aromatic N) is 1. The van der Waals surface area contributed by atoms with Crippen molar-refractivity contribution < 1.29 is 14.3 Å². The molecule has 1 saturated heterocycles. The number of aryl methyl sites for hydroxylation is 1. The first-order valence-corrected chi connectivity index (χ1v) is 7.30. The Kier molecular flexibility index (Phi) is 3.68. The molecule has 2 fully saturated rings. The van der Waals surface area contributed by atoms with E-state index in [1.807, 2.05) is 31.2 Å². The van der Waals surface area contributed by atoms with Crippen molar-refractivity contribution >= 4 is 11.8 Å². The van der Waals surface area contributed by atoms with Gasteiger partial charge in [0.2, 0.25) is 5.91 Å². The molecular formula is C16H20N2O3. The summed E-state index contributed by atoms with van der Waals surface area (Å²) in [5, 5.41) is 2.97. The lowest BCUT2D eigenvalue weighted by molar-refractivity contribution is -0.162. The molecule has 1 aliphatic heterocycles. The van der Waals surface area contributed by atoms with Crippen LogP contribution in [0.25, 0.3) is 0 Å². The Morgan fingerprint density at radius 1 is 1.29 bits per heavy atom.